The Morgan fingerprint density at radius 2 is 1.70 bits per heavy atom. The average Bonchev–Trinajstić information content (AvgIpc) is 2.39. The summed E-state index contributed by atoms with van der Waals surface area (Å²) in [5, 5.41) is 13.9. The summed E-state index contributed by atoms with van der Waals surface area (Å²) in [6.45, 7) is 6.10. The molecule has 0 bridgehead atoms. The Labute approximate surface area is 118 Å². The molecule has 0 unspecified atom stereocenters. The first-order valence-corrected chi connectivity index (χ1v) is 6.42. The van der Waals surface area contributed by atoms with Crippen molar-refractivity contribution in [3.05, 3.63) is 48.2 Å². The number of amides is 1. The first-order chi connectivity index (χ1) is 9.44. The fourth-order valence-electron chi connectivity index (χ4n) is 1.62. The molecule has 0 atom stereocenters. The van der Waals surface area contributed by atoms with Crippen molar-refractivity contribution in [2.24, 2.45) is 0 Å². The zero-order valence-electron chi connectivity index (χ0n) is 11.8. The molecular weight excluding hydrogens is 252 g/mol. The van der Waals surface area contributed by atoms with E-state index < -0.39 is 0 Å². The smallest absolute Gasteiger partial charge is 0.276 e. The summed E-state index contributed by atoms with van der Waals surface area (Å²) in [6, 6.07) is 12.6. The van der Waals surface area contributed by atoms with E-state index in [0.29, 0.717) is 5.82 Å². The highest BCUT2D eigenvalue weighted by atomic mass is 16.1. The fourth-order valence-corrected chi connectivity index (χ4v) is 1.62. The van der Waals surface area contributed by atoms with Gasteiger partial charge in [-0.3, -0.25) is 4.79 Å². The van der Waals surface area contributed by atoms with Gasteiger partial charge in [-0.2, -0.15) is 0 Å². The zero-order valence-corrected chi connectivity index (χ0v) is 11.8. The highest BCUT2D eigenvalue weighted by Crippen LogP contribution is 2.12. The van der Waals surface area contributed by atoms with Crippen molar-refractivity contribution < 1.29 is 4.79 Å². The minimum Gasteiger partial charge on any atom is -0.364 e. The van der Waals surface area contributed by atoms with E-state index in [1.165, 1.54) is 0 Å². The van der Waals surface area contributed by atoms with Crippen LogP contribution in [0.4, 0.5) is 11.5 Å². The molecule has 0 aliphatic rings. The van der Waals surface area contributed by atoms with Crippen molar-refractivity contribution >= 4 is 17.4 Å². The lowest BCUT2D eigenvalue weighted by atomic mass is 10.1. The van der Waals surface area contributed by atoms with Crippen molar-refractivity contribution in [1.82, 2.24) is 10.2 Å². The molecule has 5 nitrogen and oxygen atoms in total. The molecule has 1 heterocycles. The van der Waals surface area contributed by atoms with Gasteiger partial charge in [-0.05, 0) is 45.0 Å². The third kappa shape index (κ3) is 4.05. The van der Waals surface area contributed by atoms with Gasteiger partial charge in [-0.25, -0.2) is 0 Å². The molecule has 0 radical (unpaired) electrons. The second-order valence-electron chi connectivity index (χ2n) is 5.50. The largest absolute Gasteiger partial charge is 0.364 e. The van der Waals surface area contributed by atoms with Gasteiger partial charge in [0.1, 0.15) is 5.82 Å². The van der Waals surface area contributed by atoms with Crippen LogP contribution in [-0.2, 0) is 0 Å². The fraction of sp³-hybridized carbons (Fsp3) is 0.267. The number of carbonyl (C=O) groups excluding carboxylic acids is 1. The molecule has 1 aromatic carbocycles. The molecule has 20 heavy (non-hydrogen) atoms. The number of carbonyl (C=O) groups is 1. The van der Waals surface area contributed by atoms with Crippen LogP contribution in [-0.4, -0.2) is 21.6 Å². The minimum atomic E-state index is -0.272. The van der Waals surface area contributed by atoms with Gasteiger partial charge < -0.3 is 10.6 Å². The summed E-state index contributed by atoms with van der Waals surface area (Å²) in [5.74, 6) is 0.375. The van der Waals surface area contributed by atoms with E-state index in [2.05, 4.69) is 20.8 Å². The predicted octanol–water partition coefficient (Wildman–Crippen LogP) is 2.94. The number of rotatable bonds is 3. The third-order valence-electron chi connectivity index (χ3n) is 2.43. The van der Waals surface area contributed by atoms with E-state index in [9.17, 15) is 4.79 Å². The maximum absolute atomic E-state index is 12.0. The summed E-state index contributed by atoms with van der Waals surface area (Å²) in [4.78, 5) is 12.0. The average molecular weight is 270 g/mol. The molecule has 0 aliphatic carbocycles. The monoisotopic (exact) mass is 270 g/mol. The van der Waals surface area contributed by atoms with Crippen molar-refractivity contribution in [3.8, 4) is 0 Å². The molecule has 104 valence electrons. The summed E-state index contributed by atoms with van der Waals surface area (Å²) in [5.41, 5.74) is 0.923. The summed E-state index contributed by atoms with van der Waals surface area (Å²) in [6.07, 6.45) is 0. The number of benzene rings is 1. The topological polar surface area (TPSA) is 66.9 Å². The Bertz CT molecular complexity index is 573. The first-order valence-electron chi connectivity index (χ1n) is 6.42. The molecule has 5 heteroatoms. The van der Waals surface area contributed by atoms with Gasteiger partial charge in [0.25, 0.3) is 5.91 Å². The van der Waals surface area contributed by atoms with Crippen LogP contribution >= 0.6 is 0 Å². The molecule has 0 aliphatic heterocycles. The Hall–Kier alpha value is -2.43. The standard InChI is InChI=1S/C15H18N4O/c1-15(2,3)17-13-10-9-12(18-19-13)14(20)16-11-7-5-4-6-8-11/h4-10H,1-3H3,(H,16,20)(H,17,19). The van der Waals surface area contributed by atoms with Crippen molar-refractivity contribution in [2.45, 2.75) is 26.3 Å². The lowest BCUT2D eigenvalue weighted by molar-refractivity contribution is 0.102. The van der Waals surface area contributed by atoms with Crippen LogP contribution in [0.1, 0.15) is 31.3 Å². The summed E-state index contributed by atoms with van der Waals surface area (Å²) < 4.78 is 0. The number of anilines is 2. The summed E-state index contributed by atoms with van der Waals surface area (Å²) >= 11 is 0. The Morgan fingerprint density at radius 1 is 1.00 bits per heavy atom. The van der Waals surface area contributed by atoms with Gasteiger partial charge in [-0.15, -0.1) is 10.2 Å². The lowest BCUT2D eigenvalue weighted by Gasteiger charge is -2.20. The normalized spacial score (nSPS) is 10.9. The van der Waals surface area contributed by atoms with Crippen LogP contribution in [0.25, 0.3) is 0 Å². The van der Waals surface area contributed by atoms with E-state index in [1.807, 2.05) is 51.1 Å². The molecule has 0 fully saturated rings. The molecule has 0 spiro atoms. The second kappa shape index (κ2) is 5.69. The van der Waals surface area contributed by atoms with Gasteiger partial charge in [-0.1, -0.05) is 18.2 Å². The van der Waals surface area contributed by atoms with Gasteiger partial charge in [0.15, 0.2) is 5.69 Å². The molecule has 0 saturated carbocycles. The van der Waals surface area contributed by atoms with E-state index in [-0.39, 0.29) is 17.1 Å². The molecular formula is C15H18N4O. The van der Waals surface area contributed by atoms with Gasteiger partial charge in [0, 0.05) is 11.2 Å². The Balaban J connectivity index is 2.04. The Morgan fingerprint density at radius 3 is 2.25 bits per heavy atom. The van der Waals surface area contributed by atoms with E-state index in [1.54, 1.807) is 12.1 Å². The minimum absolute atomic E-state index is 0.0947. The van der Waals surface area contributed by atoms with Crippen LogP contribution in [0.5, 0.6) is 0 Å². The number of hydrogen-bond donors (Lipinski definition) is 2. The van der Waals surface area contributed by atoms with Crippen LogP contribution in [0.15, 0.2) is 42.5 Å². The number of nitrogens with one attached hydrogen (secondary N) is 2. The van der Waals surface area contributed by atoms with Gasteiger partial charge in [0.05, 0.1) is 0 Å². The third-order valence-corrected chi connectivity index (χ3v) is 2.43. The summed E-state index contributed by atoms with van der Waals surface area (Å²) in [7, 11) is 0. The van der Waals surface area contributed by atoms with Crippen LogP contribution < -0.4 is 10.6 Å². The van der Waals surface area contributed by atoms with E-state index in [4.69, 9.17) is 0 Å². The number of hydrogen-bond acceptors (Lipinski definition) is 4. The van der Waals surface area contributed by atoms with Crippen LogP contribution in [0.3, 0.4) is 0 Å². The van der Waals surface area contributed by atoms with Gasteiger partial charge >= 0.3 is 0 Å². The lowest BCUT2D eigenvalue weighted by Crippen LogP contribution is -2.27. The SMILES string of the molecule is CC(C)(C)Nc1ccc(C(=O)Nc2ccccc2)nn1. The van der Waals surface area contributed by atoms with Crippen LogP contribution in [0, 0.1) is 0 Å². The quantitative estimate of drug-likeness (QED) is 0.900. The molecule has 1 amide bonds. The molecule has 0 saturated heterocycles. The molecule has 1 aromatic heterocycles. The number of aromatic nitrogens is 2. The zero-order chi connectivity index (χ0) is 14.6. The predicted molar refractivity (Wildman–Crippen MR) is 79.8 cm³/mol. The number of nitrogens with zero attached hydrogens (tertiary/aromatic N) is 2. The number of para-hydroxylation sites is 1. The van der Waals surface area contributed by atoms with Crippen LogP contribution in [0.2, 0.25) is 0 Å². The van der Waals surface area contributed by atoms with Crippen molar-refractivity contribution in [1.29, 1.82) is 0 Å². The highest BCUT2D eigenvalue weighted by molar-refractivity contribution is 6.02. The molecule has 2 aromatic rings. The maximum Gasteiger partial charge on any atom is 0.276 e. The van der Waals surface area contributed by atoms with Crippen molar-refractivity contribution in [2.75, 3.05) is 10.6 Å². The van der Waals surface area contributed by atoms with E-state index in [0.717, 1.165) is 5.69 Å². The Kier molecular flexibility index (Phi) is 3.98. The first kappa shape index (κ1) is 14.0. The molecule has 2 N–H and O–H groups in total. The highest BCUT2D eigenvalue weighted by Gasteiger charge is 2.12. The van der Waals surface area contributed by atoms with Crippen molar-refractivity contribution in [3.63, 3.8) is 0 Å². The molecule has 2 rings (SSSR count). The van der Waals surface area contributed by atoms with E-state index >= 15 is 0 Å². The second-order valence-corrected chi connectivity index (χ2v) is 5.50. The maximum atomic E-state index is 12.0. The van der Waals surface area contributed by atoms with Gasteiger partial charge in [0.2, 0.25) is 0 Å².